The molecule has 0 bridgehead atoms. The first-order chi connectivity index (χ1) is 10.6. The number of nitrogens with zero attached hydrogens (tertiary/aromatic N) is 1. The highest BCUT2D eigenvalue weighted by atomic mass is 19.1. The highest BCUT2D eigenvalue weighted by Gasteiger charge is 2.09. The number of fused-ring (bicyclic) bond motifs is 1. The second-order valence-electron chi connectivity index (χ2n) is 5.08. The van der Waals surface area contributed by atoms with Crippen LogP contribution in [0.4, 0.5) is 10.1 Å². The number of carbonyl (C=O) groups is 1. The summed E-state index contributed by atoms with van der Waals surface area (Å²) in [5.74, 6) is 0.0612. The molecule has 2 aromatic carbocycles. The van der Waals surface area contributed by atoms with Crippen LogP contribution >= 0.6 is 0 Å². The van der Waals surface area contributed by atoms with Gasteiger partial charge in [0.1, 0.15) is 11.3 Å². The molecule has 3 rings (SSSR count). The van der Waals surface area contributed by atoms with Gasteiger partial charge in [-0.15, -0.1) is 0 Å². The fourth-order valence-electron chi connectivity index (χ4n) is 2.23. The number of aryl methyl sites for hydroxylation is 2. The Morgan fingerprint density at radius 2 is 2.09 bits per heavy atom. The molecule has 1 N–H and O–H groups in total. The van der Waals surface area contributed by atoms with E-state index in [0.717, 1.165) is 5.52 Å². The molecule has 0 aliphatic carbocycles. The lowest BCUT2D eigenvalue weighted by Crippen LogP contribution is -2.13. The van der Waals surface area contributed by atoms with Gasteiger partial charge in [0, 0.05) is 18.5 Å². The highest BCUT2D eigenvalue weighted by Crippen LogP contribution is 2.18. The van der Waals surface area contributed by atoms with Crippen LogP contribution in [0.5, 0.6) is 0 Å². The van der Waals surface area contributed by atoms with Gasteiger partial charge < -0.3 is 9.73 Å². The highest BCUT2D eigenvalue weighted by molar-refractivity contribution is 5.91. The van der Waals surface area contributed by atoms with Crippen LogP contribution in [-0.4, -0.2) is 10.9 Å². The van der Waals surface area contributed by atoms with Gasteiger partial charge in [-0.2, -0.15) is 0 Å². The molecule has 0 aliphatic rings. The quantitative estimate of drug-likeness (QED) is 0.796. The minimum Gasteiger partial charge on any atom is -0.441 e. The Balaban J connectivity index is 1.62. The number of para-hydroxylation sites is 2. The Bertz CT molecular complexity index is 793. The van der Waals surface area contributed by atoms with E-state index >= 15 is 0 Å². The molecular weight excluding hydrogens is 283 g/mol. The zero-order valence-corrected chi connectivity index (χ0v) is 12.1. The zero-order valence-electron chi connectivity index (χ0n) is 12.1. The Labute approximate surface area is 127 Å². The van der Waals surface area contributed by atoms with Crippen LogP contribution in [0.25, 0.3) is 11.1 Å². The van der Waals surface area contributed by atoms with E-state index < -0.39 is 0 Å². The number of benzene rings is 2. The van der Waals surface area contributed by atoms with Gasteiger partial charge in [-0.3, -0.25) is 4.79 Å². The maximum absolute atomic E-state index is 13.0. The maximum Gasteiger partial charge on any atom is 0.224 e. The fourth-order valence-corrected chi connectivity index (χ4v) is 2.23. The number of hydrogen-bond acceptors (Lipinski definition) is 3. The van der Waals surface area contributed by atoms with Gasteiger partial charge in [-0.05, 0) is 42.8 Å². The third kappa shape index (κ3) is 3.14. The van der Waals surface area contributed by atoms with Crippen molar-refractivity contribution >= 4 is 22.7 Å². The first kappa shape index (κ1) is 14.3. The van der Waals surface area contributed by atoms with Gasteiger partial charge in [-0.1, -0.05) is 12.1 Å². The van der Waals surface area contributed by atoms with Crippen LogP contribution < -0.4 is 5.32 Å². The summed E-state index contributed by atoms with van der Waals surface area (Å²) in [7, 11) is 0. The standard InChI is InChI=1S/C17H15FN2O2/c1-11-10-12(18)6-7-13(11)19-16(21)8-9-17-20-14-4-2-3-5-15(14)22-17/h2-7,10H,8-9H2,1H3,(H,19,21). The van der Waals surface area contributed by atoms with E-state index in [2.05, 4.69) is 10.3 Å². The first-order valence-corrected chi connectivity index (χ1v) is 7.02. The lowest BCUT2D eigenvalue weighted by Gasteiger charge is -2.07. The number of amides is 1. The molecule has 0 atom stereocenters. The Morgan fingerprint density at radius 1 is 1.27 bits per heavy atom. The molecule has 1 amide bonds. The molecule has 0 saturated heterocycles. The van der Waals surface area contributed by atoms with E-state index in [9.17, 15) is 9.18 Å². The van der Waals surface area contributed by atoms with Crippen molar-refractivity contribution in [2.24, 2.45) is 0 Å². The number of nitrogens with one attached hydrogen (secondary N) is 1. The van der Waals surface area contributed by atoms with Crippen molar-refractivity contribution in [1.29, 1.82) is 0 Å². The van der Waals surface area contributed by atoms with Crippen molar-refractivity contribution in [3.8, 4) is 0 Å². The third-order valence-electron chi connectivity index (χ3n) is 3.37. The van der Waals surface area contributed by atoms with E-state index in [1.165, 1.54) is 12.1 Å². The number of rotatable bonds is 4. The molecule has 0 radical (unpaired) electrons. The molecule has 0 saturated carbocycles. The predicted molar refractivity (Wildman–Crippen MR) is 82.1 cm³/mol. The summed E-state index contributed by atoms with van der Waals surface area (Å²) in [6.45, 7) is 1.75. The minimum absolute atomic E-state index is 0.156. The summed E-state index contributed by atoms with van der Waals surface area (Å²) in [4.78, 5) is 16.3. The van der Waals surface area contributed by atoms with Gasteiger partial charge in [0.15, 0.2) is 11.5 Å². The topological polar surface area (TPSA) is 55.1 Å². The van der Waals surface area contributed by atoms with Crippen LogP contribution in [0.3, 0.4) is 0 Å². The van der Waals surface area contributed by atoms with Crippen molar-refractivity contribution in [3.63, 3.8) is 0 Å². The molecule has 5 heteroatoms. The van der Waals surface area contributed by atoms with Crippen LogP contribution in [0.2, 0.25) is 0 Å². The molecular formula is C17H15FN2O2. The summed E-state index contributed by atoms with van der Waals surface area (Å²) in [6, 6.07) is 11.7. The second kappa shape index (κ2) is 5.97. The summed E-state index contributed by atoms with van der Waals surface area (Å²) in [5.41, 5.74) is 2.80. The van der Waals surface area contributed by atoms with E-state index in [1.54, 1.807) is 13.0 Å². The lowest BCUT2D eigenvalue weighted by molar-refractivity contribution is -0.116. The van der Waals surface area contributed by atoms with Gasteiger partial charge in [-0.25, -0.2) is 9.37 Å². The van der Waals surface area contributed by atoms with E-state index in [1.807, 2.05) is 24.3 Å². The molecule has 4 nitrogen and oxygen atoms in total. The second-order valence-corrected chi connectivity index (χ2v) is 5.08. The van der Waals surface area contributed by atoms with Crippen molar-refractivity contribution < 1.29 is 13.6 Å². The fraction of sp³-hybridized carbons (Fsp3) is 0.176. The van der Waals surface area contributed by atoms with Crippen LogP contribution in [0.15, 0.2) is 46.9 Å². The first-order valence-electron chi connectivity index (χ1n) is 7.02. The number of halogens is 1. The molecule has 22 heavy (non-hydrogen) atoms. The molecule has 0 fully saturated rings. The molecule has 0 unspecified atom stereocenters. The molecule has 0 aliphatic heterocycles. The number of oxazole rings is 1. The monoisotopic (exact) mass is 298 g/mol. The van der Waals surface area contributed by atoms with Crippen LogP contribution in [0.1, 0.15) is 17.9 Å². The Morgan fingerprint density at radius 3 is 2.86 bits per heavy atom. The van der Waals surface area contributed by atoms with Crippen LogP contribution in [0, 0.1) is 12.7 Å². The van der Waals surface area contributed by atoms with Gasteiger partial charge in [0.05, 0.1) is 0 Å². The zero-order chi connectivity index (χ0) is 15.5. The van der Waals surface area contributed by atoms with Crippen LogP contribution in [-0.2, 0) is 11.2 Å². The minimum atomic E-state index is -0.318. The number of aromatic nitrogens is 1. The average molecular weight is 298 g/mol. The summed E-state index contributed by atoms with van der Waals surface area (Å²) in [6.07, 6.45) is 0.671. The van der Waals surface area contributed by atoms with Gasteiger partial charge in [0.25, 0.3) is 0 Å². The predicted octanol–water partition coefficient (Wildman–Crippen LogP) is 3.85. The SMILES string of the molecule is Cc1cc(F)ccc1NC(=O)CCc1nc2ccccc2o1. The third-order valence-corrected chi connectivity index (χ3v) is 3.37. The summed E-state index contributed by atoms with van der Waals surface area (Å²) >= 11 is 0. The van der Waals surface area contributed by atoms with Gasteiger partial charge >= 0.3 is 0 Å². The maximum atomic E-state index is 13.0. The number of anilines is 1. The van der Waals surface area contributed by atoms with Crippen molar-refractivity contribution in [2.45, 2.75) is 19.8 Å². The largest absolute Gasteiger partial charge is 0.441 e. The summed E-state index contributed by atoms with van der Waals surface area (Å²) < 4.78 is 18.6. The summed E-state index contributed by atoms with van der Waals surface area (Å²) in [5, 5.41) is 2.77. The number of carbonyl (C=O) groups excluding carboxylic acids is 1. The van der Waals surface area contributed by atoms with Crippen molar-refractivity contribution in [2.75, 3.05) is 5.32 Å². The molecule has 1 aromatic heterocycles. The lowest BCUT2D eigenvalue weighted by atomic mass is 10.2. The Hall–Kier alpha value is -2.69. The molecule has 0 spiro atoms. The van der Waals surface area contributed by atoms with E-state index in [-0.39, 0.29) is 18.1 Å². The average Bonchev–Trinajstić information content (AvgIpc) is 2.91. The van der Waals surface area contributed by atoms with Gasteiger partial charge in [0.2, 0.25) is 5.91 Å². The molecule has 3 aromatic rings. The van der Waals surface area contributed by atoms with Crippen molar-refractivity contribution in [1.82, 2.24) is 4.98 Å². The number of hydrogen-bond donors (Lipinski definition) is 1. The smallest absolute Gasteiger partial charge is 0.224 e. The molecule has 112 valence electrons. The Kier molecular flexibility index (Phi) is 3.87. The van der Waals surface area contributed by atoms with E-state index in [4.69, 9.17) is 4.42 Å². The molecule has 1 heterocycles. The van der Waals surface area contributed by atoms with E-state index in [0.29, 0.717) is 29.1 Å². The normalized spacial score (nSPS) is 10.8. The van der Waals surface area contributed by atoms with Crippen molar-refractivity contribution in [3.05, 3.63) is 59.7 Å².